The van der Waals surface area contributed by atoms with E-state index >= 15 is 0 Å². The van der Waals surface area contributed by atoms with E-state index in [-0.39, 0.29) is 0 Å². The Morgan fingerprint density at radius 3 is 1.14 bits per heavy atom. The summed E-state index contributed by atoms with van der Waals surface area (Å²) in [6.07, 6.45) is 0. The molecule has 6 nitrogen and oxygen atoms in total. The van der Waals surface area contributed by atoms with Crippen LogP contribution in [0, 0.1) is 0 Å². The zero-order chi connectivity index (χ0) is 36.2. The summed E-state index contributed by atoms with van der Waals surface area (Å²) >= 11 is 0. The van der Waals surface area contributed by atoms with Gasteiger partial charge in [-0.15, -0.1) is 0 Å². The summed E-state index contributed by atoms with van der Waals surface area (Å²) in [6, 6.07) is 55.8. The monoisotopic (exact) mass is 716 g/mol. The van der Waals surface area contributed by atoms with E-state index in [0.717, 1.165) is 101 Å². The Balaban J connectivity index is 0.999. The Kier molecular flexibility index (Phi) is 5.33. The van der Waals surface area contributed by atoms with Crippen molar-refractivity contribution < 1.29 is 18.6 Å². The molecule has 0 spiro atoms. The van der Waals surface area contributed by atoms with E-state index in [2.05, 4.69) is 149 Å². The van der Waals surface area contributed by atoms with Crippen LogP contribution in [-0.2, 0) is 0 Å². The number of rotatable bonds is 2. The highest BCUT2D eigenvalue weighted by Crippen LogP contribution is 2.51. The predicted molar refractivity (Wildman–Crippen MR) is 225 cm³/mol. The summed E-state index contributed by atoms with van der Waals surface area (Å²) in [5.41, 5.74) is 15.0. The second-order valence-corrected chi connectivity index (χ2v) is 15.0. The maximum absolute atomic E-state index is 6.88. The van der Waals surface area contributed by atoms with E-state index in [1.54, 1.807) is 0 Å². The van der Waals surface area contributed by atoms with E-state index in [4.69, 9.17) is 18.6 Å². The fourth-order valence-electron chi connectivity index (χ4n) is 9.96. The quantitative estimate of drug-likeness (QED) is 0.167. The smallest absolute Gasteiger partial charge is 0.521 e. The molecule has 6 heterocycles. The normalized spacial score (nSPS) is 13.9. The van der Waals surface area contributed by atoms with Gasteiger partial charge in [-0.05, 0) is 83.4 Å². The third kappa shape index (κ3) is 3.59. The van der Waals surface area contributed by atoms with Gasteiger partial charge in [0.1, 0.15) is 23.0 Å². The molecule has 10 aromatic rings. The number of hydrogen-bond donors (Lipinski definition) is 0. The van der Waals surface area contributed by atoms with Crippen molar-refractivity contribution >= 4 is 68.8 Å². The van der Waals surface area contributed by atoms with Crippen LogP contribution in [0.4, 0.5) is 0 Å². The molecular formula is C48H26B2N2O4. The molecule has 0 bridgehead atoms. The van der Waals surface area contributed by atoms with Gasteiger partial charge in [-0.3, -0.25) is 0 Å². The van der Waals surface area contributed by atoms with Crippen molar-refractivity contribution in [1.29, 1.82) is 0 Å². The van der Waals surface area contributed by atoms with Gasteiger partial charge in [0.15, 0.2) is 0 Å². The van der Waals surface area contributed by atoms with Crippen LogP contribution < -0.4 is 29.5 Å². The summed E-state index contributed by atoms with van der Waals surface area (Å²) in [7, 11) is -1.27. The van der Waals surface area contributed by atoms with Crippen LogP contribution in [0.15, 0.2) is 158 Å². The molecule has 0 radical (unpaired) electrons. The molecule has 4 aliphatic heterocycles. The first-order valence-electron chi connectivity index (χ1n) is 19.0. The first kappa shape index (κ1) is 29.1. The average molecular weight is 716 g/mol. The van der Waals surface area contributed by atoms with Gasteiger partial charge in [-0.1, -0.05) is 78.9 Å². The van der Waals surface area contributed by atoms with Gasteiger partial charge in [0.2, 0.25) is 0 Å². The molecule has 0 N–H and O–H groups in total. The van der Waals surface area contributed by atoms with Crippen LogP contribution in [0.2, 0.25) is 0 Å². The average Bonchev–Trinajstić information content (AvgIpc) is 3.76. The van der Waals surface area contributed by atoms with Gasteiger partial charge in [-0.2, -0.15) is 0 Å². The Bertz CT molecular complexity index is 3100. The van der Waals surface area contributed by atoms with Crippen LogP contribution in [-0.4, -0.2) is 23.4 Å². The molecule has 0 unspecified atom stereocenters. The summed E-state index contributed by atoms with van der Waals surface area (Å²) in [6.45, 7) is 0. The van der Waals surface area contributed by atoms with Gasteiger partial charge in [0, 0.05) is 67.1 Å². The number of benzene rings is 8. The van der Waals surface area contributed by atoms with Crippen LogP contribution in [0.3, 0.4) is 0 Å². The minimum atomic E-state index is -0.633. The minimum absolute atomic E-state index is 0.633. The molecule has 2 aromatic heterocycles. The first-order valence-corrected chi connectivity index (χ1v) is 19.0. The van der Waals surface area contributed by atoms with Gasteiger partial charge < -0.3 is 27.8 Å². The molecule has 0 saturated carbocycles. The molecule has 0 saturated heterocycles. The molecule has 8 aromatic carbocycles. The highest BCUT2D eigenvalue weighted by atomic mass is 16.6. The lowest BCUT2D eigenvalue weighted by molar-refractivity contribution is 0.421. The Hall–Kier alpha value is -7.31. The molecule has 0 fully saturated rings. The van der Waals surface area contributed by atoms with Crippen LogP contribution in [0.25, 0.3) is 88.4 Å². The molecule has 0 atom stereocenters. The zero-order valence-corrected chi connectivity index (χ0v) is 29.7. The van der Waals surface area contributed by atoms with Crippen LogP contribution in [0.5, 0.6) is 23.0 Å². The molecule has 4 aliphatic rings. The lowest BCUT2D eigenvalue weighted by Gasteiger charge is -2.40. The van der Waals surface area contributed by atoms with Crippen molar-refractivity contribution in [2.75, 3.05) is 0 Å². The van der Waals surface area contributed by atoms with Gasteiger partial charge in [-0.25, -0.2) is 0 Å². The van der Waals surface area contributed by atoms with Crippen molar-refractivity contribution in [3.05, 3.63) is 158 Å². The maximum atomic E-state index is 6.88. The SMILES string of the molecule is c1cc2c3c(c1)OB1Oc4cc(-n5c6ccccc6c6ccccc65)ccc4-c4cc5c(c-3c41)B(Oc1cc(-n3c4ccccc4c4ccccc43)ccc1-5)O2. The predicted octanol–water partition coefficient (Wildman–Crippen LogP) is 9.84. The topological polar surface area (TPSA) is 46.8 Å². The summed E-state index contributed by atoms with van der Waals surface area (Å²) in [5.74, 6) is 3.05. The van der Waals surface area contributed by atoms with Gasteiger partial charge in [0.25, 0.3) is 0 Å². The molecule has 258 valence electrons. The molecule has 0 aliphatic carbocycles. The zero-order valence-electron chi connectivity index (χ0n) is 29.7. The second-order valence-electron chi connectivity index (χ2n) is 15.0. The highest BCUT2D eigenvalue weighted by Gasteiger charge is 2.51. The maximum Gasteiger partial charge on any atom is 0.633 e. The summed E-state index contributed by atoms with van der Waals surface area (Å²) in [5, 5.41) is 4.89. The Morgan fingerprint density at radius 2 is 0.714 bits per heavy atom. The van der Waals surface area contributed by atoms with E-state index in [0.29, 0.717) is 0 Å². The lowest BCUT2D eigenvalue weighted by atomic mass is 9.57. The third-order valence-corrected chi connectivity index (χ3v) is 12.2. The lowest BCUT2D eigenvalue weighted by Crippen LogP contribution is -2.57. The fourth-order valence-corrected chi connectivity index (χ4v) is 9.96. The fraction of sp³-hybridized carbons (Fsp3) is 0. The summed E-state index contributed by atoms with van der Waals surface area (Å²) < 4.78 is 31.8. The van der Waals surface area contributed by atoms with Crippen molar-refractivity contribution in [3.63, 3.8) is 0 Å². The van der Waals surface area contributed by atoms with Crippen LogP contribution in [0.1, 0.15) is 0 Å². The van der Waals surface area contributed by atoms with Gasteiger partial charge in [0.05, 0.1) is 27.6 Å². The van der Waals surface area contributed by atoms with Gasteiger partial charge >= 0.3 is 14.2 Å². The molecule has 0 amide bonds. The number of hydrogen-bond acceptors (Lipinski definition) is 4. The molecule has 56 heavy (non-hydrogen) atoms. The van der Waals surface area contributed by atoms with Crippen molar-refractivity contribution in [1.82, 2.24) is 9.13 Å². The summed E-state index contributed by atoms with van der Waals surface area (Å²) in [4.78, 5) is 0. The van der Waals surface area contributed by atoms with E-state index in [1.165, 1.54) is 21.5 Å². The van der Waals surface area contributed by atoms with E-state index in [1.807, 2.05) is 18.2 Å². The van der Waals surface area contributed by atoms with E-state index < -0.39 is 14.2 Å². The van der Waals surface area contributed by atoms with Crippen LogP contribution >= 0.6 is 0 Å². The van der Waals surface area contributed by atoms with E-state index in [9.17, 15) is 0 Å². The molecule has 8 heteroatoms. The highest BCUT2D eigenvalue weighted by molar-refractivity contribution is 6.74. The van der Waals surface area contributed by atoms with Crippen molar-refractivity contribution in [2.24, 2.45) is 0 Å². The Morgan fingerprint density at radius 1 is 0.321 bits per heavy atom. The van der Waals surface area contributed by atoms with Crippen molar-refractivity contribution in [2.45, 2.75) is 0 Å². The number of aromatic nitrogens is 2. The number of para-hydroxylation sites is 4. The van der Waals surface area contributed by atoms with Crippen molar-refractivity contribution in [3.8, 4) is 67.8 Å². The Labute approximate surface area is 320 Å². The number of nitrogens with zero attached hydrogens (tertiary/aromatic N) is 2. The third-order valence-electron chi connectivity index (χ3n) is 12.2. The molecular weight excluding hydrogens is 690 g/mol. The minimum Gasteiger partial charge on any atom is -0.521 e. The second kappa shape index (κ2) is 10.3. The standard InChI is InChI=1S/C48H26B2N2O4/c1-5-14-37-29(10-1)30-11-2-6-15-38(30)51(37)27-20-22-33-35-26-36-34-23-21-28(52-39-16-7-3-12-31(39)32-13-4-8-17-40(32)52)25-44(34)56-50-48(36)46-45-41(18-9-19-42(45)54-50)53-49(47(35)46)55-43(33)24-27/h1-26H. The largest absolute Gasteiger partial charge is 0.633 e. The first-order chi connectivity index (χ1) is 27.8. The number of fused-ring (bicyclic) bond motifs is 10. The molecule has 14 rings (SSSR count).